The second-order valence-electron chi connectivity index (χ2n) is 3.99. The summed E-state index contributed by atoms with van der Waals surface area (Å²) in [4.78, 5) is 13.1. The molecule has 0 aromatic heterocycles. The number of amides is 1. The molecule has 0 fully saturated rings. The maximum absolute atomic E-state index is 12.7. The molecule has 0 radical (unpaired) electrons. The van der Waals surface area contributed by atoms with Gasteiger partial charge in [0.25, 0.3) is 5.91 Å². The number of nitriles is 2. The SMILES string of the molecule is CNc1ccc(C(F)(F)F)cc1C(=O)N(CC#N)CC#N. The quantitative estimate of drug-likeness (QED) is 0.864. The minimum atomic E-state index is -4.59. The normalized spacial score (nSPS) is 10.4. The number of anilines is 1. The highest BCUT2D eigenvalue weighted by Gasteiger charge is 2.32. The van der Waals surface area contributed by atoms with Gasteiger partial charge in [0.05, 0.1) is 23.3 Å². The summed E-state index contributed by atoms with van der Waals surface area (Å²) in [5, 5.41) is 19.9. The average Bonchev–Trinajstić information content (AvgIpc) is 2.44. The zero-order valence-electron chi connectivity index (χ0n) is 11.0. The Morgan fingerprint density at radius 3 is 2.29 bits per heavy atom. The van der Waals surface area contributed by atoms with Crippen LogP contribution in [0.5, 0.6) is 0 Å². The second-order valence-corrected chi connectivity index (χ2v) is 3.99. The molecule has 0 saturated carbocycles. The van der Waals surface area contributed by atoms with Crippen molar-refractivity contribution in [2.45, 2.75) is 6.18 Å². The van der Waals surface area contributed by atoms with Gasteiger partial charge in [0, 0.05) is 12.7 Å². The fourth-order valence-electron chi connectivity index (χ4n) is 1.66. The average molecular weight is 296 g/mol. The summed E-state index contributed by atoms with van der Waals surface area (Å²) in [6, 6.07) is 6.08. The van der Waals surface area contributed by atoms with Gasteiger partial charge >= 0.3 is 6.18 Å². The molecule has 0 aliphatic rings. The van der Waals surface area contributed by atoms with E-state index in [0.717, 1.165) is 17.0 Å². The first kappa shape index (κ1) is 16.3. The number of carbonyl (C=O) groups is 1. The molecule has 0 bridgehead atoms. The summed E-state index contributed by atoms with van der Waals surface area (Å²) in [6.07, 6.45) is -4.59. The van der Waals surface area contributed by atoms with Crippen LogP contribution in [0.15, 0.2) is 18.2 Å². The van der Waals surface area contributed by atoms with Crippen LogP contribution >= 0.6 is 0 Å². The van der Waals surface area contributed by atoms with Gasteiger partial charge in [0.15, 0.2) is 0 Å². The number of nitrogens with one attached hydrogen (secondary N) is 1. The largest absolute Gasteiger partial charge is 0.416 e. The van der Waals surface area contributed by atoms with Crippen molar-refractivity contribution >= 4 is 11.6 Å². The lowest BCUT2D eigenvalue weighted by Crippen LogP contribution is -2.32. The summed E-state index contributed by atoms with van der Waals surface area (Å²) in [5.41, 5.74) is -1.02. The number of halogens is 3. The van der Waals surface area contributed by atoms with Crippen LogP contribution in [0.4, 0.5) is 18.9 Å². The topological polar surface area (TPSA) is 79.9 Å². The first-order valence-corrected chi connectivity index (χ1v) is 5.77. The second kappa shape index (κ2) is 6.62. The van der Waals surface area contributed by atoms with E-state index in [-0.39, 0.29) is 24.3 Å². The number of benzene rings is 1. The van der Waals surface area contributed by atoms with Crippen molar-refractivity contribution in [2.75, 3.05) is 25.5 Å². The minimum absolute atomic E-state index is 0.189. The third kappa shape index (κ3) is 3.86. The molecule has 0 heterocycles. The summed E-state index contributed by atoms with van der Waals surface area (Å²) in [6.45, 7) is -0.766. The molecule has 1 amide bonds. The molecule has 110 valence electrons. The summed E-state index contributed by atoms with van der Waals surface area (Å²) in [5.74, 6) is -0.812. The molecule has 1 rings (SSSR count). The highest BCUT2D eigenvalue weighted by molar-refractivity contribution is 6.00. The molecule has 1 aromatic rings. The van der Waals surface area contributed by atoms with E-state index in [0.29, 0.717) is 6.07 Å². The van der Waals surface area contributed by atoms with E-state index in [9.17, 15) is 18.0 Å². The van der Waals surface area contributed by atoms with Gasteiger partial charge in [-0.3, -0.25) is 4.79 Å². The predicted molar refractivity (Wildman–Crippen MR) is 68.1 cm³/mol. The molecule has 0 aliphatic carbocycles. The summed E-state index contributed by atoms with van der Waals surface area (Å²) in [7, 11) is 1.46. The van der Waals surface area contributed by atoms with Gasteiger partial charge in [-0.05, 0) is 18.2 Å². The smallest absolute Gasteiger partial charge is 0.387 e. The number of carbonyl (C=O) groups excluding carboxylic acids is 1. The first-order valence-electron chi connectivity index (χ1n) is 5.77. The van der Waals surface area contributed by atoms with Crippen molar-refractivity contribution in [3.05, 3.63) is 29.3 Å². The molecular weight excluding hydrogens is 285 g/mol. The Hall–Kier alpha value is -2.74. The number of alkyl halides is 3. The van der Waals surface area contributed by atoms with Gasteiger partial charge in [-0.1, -0.05) is 0 Å². The molecule has 8 heteroatoms. The lowest BCUT2D eigenvalue weighted by Gasteiger charge is -2.19. The monoisotopic (exact) mass is 296 g/mol. The van der Waals surface area contributed by atoms with Gasteiger partial charge < -0.3 is 10.2 Å². The number of hydrogen-bond acceptors (Lipinski definition) is 4. The van der Waals surface area contributed by atoms with Crippen molar-refractivity contribution in [1.82, 2.24) is 4.90 Å². The Morgan fingerprint density at radius 1 is 1.29 bits per heavy atom. The minimum Gasteiger partial charge on any atom is -0.387 e. The van der Waals surface area contributed by atoms with Crippen LogP contribution in [-0.4, -0.2) is 30.9 Å². The lowest BCUT2D eigenvalue weighted by molar-refractivity contribution is -0.137. The van der Waals surface area contributed by atoms with Gasteiger partial charge in [-0.2, -0.15) is 23.7 Å². The fourth-order valence-corrected chi connectivity index (χ4v) is 1.66. The molecule has 0 spiro atoms. The fraction of sp³-hybridized carbons (Fsp3) is 0.308. The molecule has 0 atom stereocenters. The van der Waals surface area contributed by atoms with Crippen LogP contribution < -0.4 is 5.32 Å². The van der Waals surface area contributed by atoms with Crippen LogP contribution in [0.25, 0.3) is 0 Å². The van der Waals surface area contributed by atoms with E-state index in [4.69, 9.17) is 10.5 Å². The molecular formula is C13H11F3N4O. The van der Waals surface area contributed by atoms with Crippen LogP contribution in [0, 0.1) is 22.7 Å². The highest BCUT2D eigenvalue weighted by atomic mass is 19.4. The van der Waals surface area contributed by atoms with E-state index >= 15 is 0 Å². The zero-order chi connectivity index (χ0) is 16.0. The van der Waals surface area contributed by atoms with Gasteiger partial charge in [-0.25, -0.2) is 0 Å². The molecule has 1 N–H and O–H groups in total. The summed E-state index contributed by atoms with van der Waals surface area (Å²) < 4.78 is 38.1. The van der Waals surface area contributed by atoms with Crippen molar-refractivity contribution in [3.8, 4) is 12.1 Å². The Bertz CT molecular complexity index is 597. The van der Waals surface area contributed by atoms with E-state index in [1.54, 1.807) is 12.1 Å². The van der Waals surface area contributed by atoms with Gasteiger partial charge in [0.1, 0.15) is 13.1 Å². The van der Waals surface area contributed by atoms with Crippen molar-refractivity contribution in [3.63, 3.8) is 0 Å². The molecule has 5 nitrogen and oxygen atoms in total. The van der Waals surface area contributed by atoms with Crippen LogP contribution in [0.3, 0.4) is 0 Å². The third-order valence-electron chi connectivity index (χ3n) is 2.66. The molecule has 21 heavy (non-hydrogen) atoms. The van der Waals surface area contributed by atoms with Crippen LogP contribution in [-0.2, 0) is 6.18 Å². The summed E-state index contributed by atoms with van der Waals surface area (Å²) >= 11 is 0. The zero-order valence-corrected chi connectivity index (χ0v) is 11.0. The van der Waals surface area contributed by atoms with E-state index in [1.165, 1.54) is 7.05 Å². The van der Waals surface area contributed by atoms with E-state index in [2.05, 4.69) is 5.32 Å². The Kier molecular flexibility index (Phi) is 5.14. The third-order valence-corrected chi connectivity index (χ3v) is 2.66. The Labute approximate surface area is 119 Å². The molecule has 1 aromatic carbocycles. The van der Waals surface area contributed by atoms with E-state index < -0.39 is 17.6 Å². The van der Waals surface area contributed by atoms with E-state index in [1.807, 2.05) is 0 Å². The predicted octanol–water partition coefficient (Wildman–Crippen LogP) is 2.24. The van der Waals surface area contributed by atoms with Crippen LogP contribution in [0.1, 0.15) is 15.9 Å². The number of rotatable bonds is 4. The van der Waals surface area contributed by atoms with Crippen molar-refractivity contribution in [2.24, 2.45) is 0 Å². The standard InChI is InChI=1S/C13H11F3N4O/c1-19-11-3-2-9(13(14,15)16)8-10(11)12(21)20(6-4-17)7-5-18/h2-3,8,19H,6-7H2,1H3. The Morgan fingerprint density at radius 2 is 1.86 bits per heavy atom. The first-order chi connectivity index (χ1) is 9.85. The van der Waals surface area contributed by atoms with Crippen molar-refractivity contribution < 1.29 is 18.0 Å². The maximum atomic E-state index is 12.7. The maximum Gasteiger partial charge on any atom is 0.416 e. The van der Waals surface area contributed by atoms with Crippen molar-refractivity contribution in [1.29, 1.82) is 10.5 Å². The lowest BCUT2D eigenvalue weighted by atomic mass is 10.1. The molecule has 0 aliphatic heterocycles. The highest BCUT2D eigenvalue weighted by Crippen LogP contribution is 2.32. The number of nitrogens with zero attached hydrogens (tertiary/aromatic N) is 3. The number of hydrogen-bond donors (Lipinski definition) is 1. The Balaban J connectivity index is 3.29. The molecule has 0 saturated heterocycles. The molecule has 0 unspecified atom stereocenters. The van der Waals surface area contributed by atoms with Crippen LogP contribution in [0.2, 0.25) is 0 Å². The van der Waals surface area contributed by atoms with Gasteiger partial charge in [0.2, 0.25) is 0 Å². The van der Waals surface area contributed by atoms with Gasteiger partial charge in [-0.15, -0.1) is 0 Å².